The summed E-state index contributed by atoms with van der Waals surface area (Å²) in [6.07, 6.45) is 5.13. The number of aryl methyl sites for hydroxylation is 1. The lowest BCUT2D eigenvalue weighted by molar-refractivity contribution is -0.0214. The van der Waals surface area contributed by atoms with Gasteiger partial charge in [-0.2, -0.15) is 0 Å². The molecule has 1 N–H and O–H groups in total. The van der Waals surface area contributed by atoms with Gasteiger partial charge < -0.3 is 23.7 Å². The molecule has 10 heteroatoms. The van der Waals surface area contributed by atoms with E-state index in [0.717, 1.165) is 5.56 Å². The summed E-state index contributed by atoms with van der Waals surface area (Å²) < 4.78 is 39.6. The van der Waals surface area contributed by atoms with Crippen LogP contribution in [0.25, 0.3) is 22.6 Å². The average Bonchev–Trinajstić information content (AvgIpc) is 3.42. The van der Waals surface area contributed by atoms with Crippen molar-refractivity contribution in [2.24, 2.45) is 0 Å². The fraction of sp³-hybridized carbons (Fsp3) is 0.261. The molecule has 1 amide bonds. The Morgan fingerprint density at radius 3 is 2.73 bits per heavy atom. The Labute approximate surface area is 187 Å². The molecule has 5 rings (SSSR count). The number of carboxylic acid groups (broad SMARTS) is 1. The number of halogens is 2. The maximum Gasteiger partial charge on any atom is 0.407 e. The van der Waals surface area contributed by atoms with Crippen LogP contribution in [0.15, 0.2) is 49.2 Å². The molecule has 1 atom stereocenters. The molecule has 4 aromatic rings. The molecule has 170 valence electrons. The monoisotopic (exact) mass is 453 g/mol. The third kappa shape index (κ3) is 3.93. The maximum atomic E-state index is 15.3. The van der Waals surface area contributed by atoms with E-state index in [-0.39, 0.29) is 37.4 Å². The van der Waals surface area contributed by atoms with Crippen LogP contribution in [0.1, 0.15) is 11.3 Å². The van der Waals surface area contributed by atoms with Crippen molar-refractivity contribution in [2.75, 3.05) is 19.7 Å². The van der Waals surface area contributed by atoms with Crippen molar-refractivity contribution in [3.05, 3.63) is 72.1 Å². The number of hydrogen-bond donors (Lipinski definition) is 1. The molecule has 1 unspecified atom stereocenters. The van der Waals surface area contributed by atoms with Gasteiger partial charge in [0.15, 0.2) is 0 Å². The molecule has 1 saturated heterocycles. The first kappa shape index (κ1) is 21.1. The van der Waals surface area contributed by atoms with Crippen molar-refractivity contribution in [1.82, 2.24) is 23.8 Å². The highest BCUT2D eigenvalue weighted by molar-refractivity contribution is 5.69. The molecule has 1 aliphatic heterocycles. The number of ether oxygens (including phenoxy) is 1. The molecule has 0 aliphatic carbocycles. The van der Waals surface area contributed by atoms with Crippen molar-refractivity contribution in [2.45, 2.75) is 19.4 Å². The second kappa shape index (κ2) is 8.28. The number of hydrogen-bond acceptors (Lipinski definition) is 4. The van der Waals surface area contributed by atoms with Crippen molar-refractivity contribution in [3.8, 4) is 16.9 Å². The zero-order valence-electron chi connectivity index (χ0n) is 17.8. The lowest BCUT2D eigenvalue weighted by Gasteiger charge is -2.31. The van der Waals surface area contributed by atoms with Crippen LogP contribution >= 0.6 is 0 Å². The average molecular weight is 453 g/mol. The van der Waals surface area contributed by atoms with Gasteiger partial charge in [-0.15, -0.1) is 0 Å². The number of rotatable bonds is 4. The predicted molar refractivity (Wildman–Crippen MR) is 115 cm³/mol. The molecule has 0 radical (unpaired) electrons. The van der Waals surface area contributed by atoms with Crippen LogP contribution in [-0.2, 0) is 11.2 Å². The van der Waals surface area contributed by atoms with Gasteiger partial charge in [0.2, 0.25) is 0 Å². The zero-order valence-corrected chi connectivity index (χ0v) is 17.8. The Kier molecular flexibility index (Phi) is 5.29. The van der Waals surface area contributed by atoms with Crippen LogP contribution < -0.4 is 0 Å². The van der Waals surface area contributed by atoms with Crippen molar-refractivity contribution in [1.29, 1.82) is 0 Å². The summed E-state index contributed by atoms with van der Waals surface area (Å²) in [4.78, 5) is 21.2. The number of imidazole rings is 2. The molecule has 8 nitrogen and oxygen atoms in total. The van der Waals surface area contributed by atoms with E-state index in [2.05, 4.69) is 9.97 Å². The van der Waals surface area contributed by atoms with Gasteiger partial charge in [0.05, 0.1) is 48.2 Å². The van der Waals surface area contributed by atoms with Gasteiger partial charge in [0.25, 0.3) is 0 Å². The largest absolute Gasteiger partial charge is 0.465 e. The van der Waals surface area contributed by atoms with E-state index >= 15 is 8.78 Å². The van der Waals surface area contributed by atoms with Crippen LogP contribution in [0.5, 0.6) is 0 Å². The van der Waals surface area contributed by atoms with Crippen LogP contribution in [-0.4, -0.2) is 60.8 Å². The zero-order chi connectivity index (χ0) is 23.1. The van der Waals surface area contributed by atoms with Gasteiger partial charge >= 0.3 is 6.09 Å². The smallest absolute Gasteiger partial charge is 0.407 e. The summed E-state index contributed by atoms with van der Waals surface area (Å²) >= 11 is 0. The standard InChI is InChI=1S/C23H21F2N5O3/c1-14-2-4-30-19(11-16-12-28(23(31)32)6-7-33-16)22(27-20(30)8-14)21-17(24)9-15(10-18(21)25)29-5-3-26-13-29/h2-5,8-10,13,16H,6-7,11-12H2,1H3,(H,31,32). The normalized spacial score (nSPS) is 16.5. The number of benzene rings is 1. The van der Waals surface area contributed by atoms with Crippen LogP contribution in [0, 0.1) is 18.6 Å². The summed E-state index contributed by atoms with van der Waals surface area (Å²) in [6, 6.07) is 6.18. The number of carbonyl (C=O) groups is 1. The van der Waals surface area contributed by atoms with E-state index in [4.69, 9.17) is 4.74 Å². The summed E-state index contributed by atoms with van der Waals surface area (Å²) in [5.41, 5.74) is 2.29. The minimum absolute atomic E-state index is 0.165. The van der Waals surface area contributed by atoms with Gasteiger partial charge in [-0.1, -0.05) is 0 Å². The molecule has 0 bridgehead atoms. The lowest BCUT2D eigenvalue weighted by Crippen LogP contribution is -2.45. The first-order valence-corrected chi connectivity index (χ1v) is 10.5. The van der Waals surface area contributed by atoms with Gasteiger partial charge in [-0.05, 0) is 36.8 Å². The lowest BCUT2D eigenvalue weighted by atomic mass is 10.0. The SMILES string of the molecule is Cc1ccn2c(CC3CN(C(=O)O)CCO3)c(-c3c(F)cc(-n4ccnc4)cc3F)nc2c1. The van der Waals surface area contributed by atoms with Gasteiger partial charge in [0.1, 0.15) is 17.3 Å². The molecule has 1 aliphatic rings. The maximum absolute atomic E-state index is 15.3. The van der Waals surface area contributed by atoms with Crippen LogP contribution in [0.4, 0.5) is 13.6 Å². The van der Waals surface area contributed by atoms with Gasteiger partial charge in [0, 0.05) is 31.6 Å². The van der Waals surface area contributed by atoms with E-state index in [1.807, 2.05) is 19.1 Å². The number of pyridine rings is 1. The van der Waals surface area contributed by atoms with E-state index in [9.17, 15) is 9.90 Å². The van der Waals surface area contributed by atoms with E-state index in [1.165, 1.54) is 34.1 Å². The minimum Gasteiger partial charge on any atom is -0.465 e. The molecular formula is C23H21F2N5O3. The number of nitrogens with zero attached hydrogens (tertiary/aromatic N) is 5. The molecule has 3 aromatic heterocycles. The van der Waals surface area contributed by atoms with Gasteiger partial charge in [-0.3, -0.25) is 0 Å². The first-order valence-electron chi connectivity index (χ1n) is 10.5. The van der Waals surface area contributed by atoms with Crippen LogP contribution in [0.2, 0.25) is 0 Å². The fourth-order valence-corrected chi connectivity index (χ4v) is 4.17. The predicted octanol–water partition coefficient (Wildman–Crippen LogP) is 3.69. The number of aromatic nitrogens is 4. The van der Waals surface area contributed by atoms with Gasteiger partial charge in [-0.25, -0.2) is 23.5 Å². The van der Waals surface area contributed by atoms with Crippen molar-refractivity contribution >= 4 is 11.7 Å². The quantitative estimate of drug-likeness (QED) is 0.510. The molecule has 4 heterocycles. The number of morpholine rings is 1. The fourth-order valence-electron chi connectivity index (χ4n) is 4.17. The summed E-state index contributed by atoms with van der Waals surface area (Å²) in [6.45, 7) is 2.61. The second-order valence-electron chi connectivity index (χ2n) is 8.02. The Balaban J connectivity index is 1.61. The highest BCUT2D eigenvalue weighted by atomic mass is 19.1. The second-order valence-corrected chi connectivity index (χ2v) is 8.02. The Hall–Kier alpha value is -3.79. The molecular weight excluding hydrogens is 432 g/mol. The van der Waals surface area contributed by atoms with E-state index in [0.29, 0.717) is 17.0 Å². The topological polar surface area (TPSA) is 84.9 Å². The molecule has 1 aromatic carbocycles. The Morgan fingerprint density at radius 1 is 1.24 bits per heavy atom. The highest BCUT2D eigenvalue weighted by Crippen LogP contribution is 2.32. The van der Waals surface area contributed by atoms with Crippen molar-refractivity contribution < 1.29 is 23.4 Å². The van der Waals surface area contributed by atoms with Crippen molar-refractivity contribution in [3.63, 3.8) is 0 Å². The van der Waals surface area contributed by atoms with E-state index < -0.39 is 23.8 Å². The summed E-state index contributed by atoms with van der Waals surface area (Å²) in [5.74, 6) is -1.51. The summed E-state index contributed by atoms with van der Waals surface area (Å²) in [7, 11) is 0. The van der Waals surface area contributed by atoms with E-state index in [1.54, 1.807) is 16.8 Å². The molecule has 0 saturated carbocycles. The highest BCUT2D eigenvalue weighted by Gasteiger charge is 2.28. The number of fused-ring (bicyclic) bond motifs is 1. The third-order valence-corrected chi connectivity index (χ3v) is 5.78. The Bertz CT molecular complexity index is 1310. The van der Waals surface area contributed by atoms with Crippen LogP contribution in [0.3, 0.4) is 0 Å². The Morgan fingerprint density at radius 2 is 2.03 bits per heavy atom. The molecule has 1 fully saturated rings. The minimum atomic E-state index is -1.02. The molecule has 0 spiro atoms. The number of amides is 1. The third-order valence-electron chi connectivity index (χ3n) is 5.78. The molecule has 33 heavy (non-hydrogen) atoms. The first-order chi connectivity index (χ1) is 15.9. The summed E-state index contributed by atoms with van der Waals surface area (Å²) in [5, 5.41) is 9.34.